The summed E-state index contributed by atoms with van der Waals surface area (Å²) in [7, 11) is 0. The molecule has 0 aromatic carbocycles. The minimum Gasteiger partial charge on any atom is -0.310 e. The summed E-state index contributed by atoms with van der Waals surface area (Å²) in [4.78, 5) is 20.1. The Morgan fingerprint density at radius 3 is 3.00 bits per heavy atom. The molecule has 0 fully saturated rings. The molecule has 0 saturated heterocycles. The Morgan fingerprint density at radius 1 is 1.38 bits per heavy atom. The van der Waals surface area contributed by atoms with Gasteiger partial charge in [-0.1, -0.05) is 0 Å². The van der Waals surface area contributed by atoms with Gasteiger partial charge in [0.25, 0.3) is 0 Å². The van der Waals surface area contributed by atoms with Gasteiger partial charge in [0.15, 0.2) is 0 Å². The van der Waals surface area contributed by atoms with Crippen molar-refractivity contribution in [1.29, 1.82) is 0 Å². The molecule has 0 bridgehead atoms. The molecule has 0 radical (unpaired) electrons. The van der Waals surface area contributed by atoms with E-state index in [4.69, 9.17) is 0 Å². The second-order valence-electron chi connectivity index (χ2n) is 4.79. The zero-order valence-corrected chi connectivity index (χ0v) is 11.4. The standard InChI is InChI=1S/C15H13FN4O/c1-10-4-5-20-9-12(18-14(20)6-10)7-15(21)19-13-3-2-11(16)8-17-13/h2-6,8-9H,7H2,1H3,(H,17,19,21). The smallest absolute Gasteiger partial charge is 0.231 e. The molecule has 1 amide bonds. The summed E-state index contributed by atoms with van der Waals surface area (Å²) in [5.74, 6) is -0.362. The van der Waals surface area contributed by atoms with E-state index in [-0.39, 0.29) is 12.3 Å². The van der Waals surface area contributed by atoms with Crippen LogP contribution in [0.4, 0.5) is 10.2 Å². The molecule has 21 heavy (non-hydrogen) atoms. The van der Waals surface area contributed by atoms with Crippen molar-refractivity contribution in [3.8, 4) is 0 Å². The van der Waals surface area contributed by atoms with Crippen molar-refractivity contribution in [2.24, 2.45) is 0 Å². The third kappa shape index (κ3) is 3.05. The van der Waals surface area contributed by atoms with Gasteiger partial charge in [-0.25, -0.2) is 14.4 Å². The van der Waals surface area contributed by atoms with Crippen molar-refractivity contribution in [3.63, 3.8) is 0 Å². The number of nitrogens with zero attached hydrogens (tertiary/aromatic N) is 3. The molecule has 3 aromatic heterocycles. The number of nitrogens with one attached hydrogen (secondary N) is 1. The second kappa shape index (κ2) is 5.32. The molecule has 0 saturated carbocycles. The Balaban J connectivity index is 1.72. The molecule has 1 N–H and O–H groups in total. The predicted molar refractivity (Wildman–Crippen MR) is 76.5 cm³/mol. The number of amides is 1. The van der Waals surface area contributed by atoms with E-state index >= 15 is 0 Å². The molecule has 3 aromatic rings. The van der Waals surface area contributed by atoms with Crippen LogP contribution in [0.2, 0.25) is 0 Å². The van der Waals surface area contributed by atoms with E-state index in [9.17, 15) is 9.18 Å². The molecule has 0 spiro atoms. The normalized spacial score (nSPS) is 10.8. The van der Waals surface area contributed by atoms with Crippen LogP contribution in [0.5, 0.6) is 0 Å². The number of aryl methyl sites for hydroxylation is 1. The zero-order chi connectivity index (χ0) is 14.8. The highest BCUT2D eigenvalue weighted by atomic mass is 19.1. The average molecular weight is 284 g/mol. The number of imidazole rings is 1. The number of anilines is 1. The first kappa shape index (κ1) is 13.2. The molecule has 0 aliphatic carbocycles. The molecule has 5 nitrogen and oxygen atoms in total. The van der Waals surface area contributed by atoms with Crippen LogP contribution in [-0.2, 0) is 11.2 Å². The van der Waals surface area contributed by atoms with Crippen molar-refractivity contribution in [1.82, 2.24) is 14.4 Å². The van der Waals surface area contributed by atoms with Crippen molar-refractivity contribution >= 4 is 17.4 Å². The van der Waals surface area contributed by atoms with Gasteiger partial charge in [0.2, 0.25) is 5.91 Å². The Labute approximate surface area is 120 Å². The Kier molecular flexibility index (Phi) is 3.35. The van der Waals surface area contributed by atoms with Gasteiger partial charge in [-0.2, -0.15) is 0 Å². The monoisotopic (exact) mass is 284 g/mol. The molecular formula is C15H13FN4O. The maximum absolute atomic E-state index is 12.7. The number of hydrogen-bond donors (Lipinski definition) is 1. The van der Waals surface area contributed by atoms with E-state index in [0.29, 0.717) is 11.5 Å². The van der Waals surface area contributed by atoms with Gasteiger partial charge in [-0.15, -0.1) is 0 Å². The van der Waals surface area contributed by atoms with Crippen LogP contribution in [0.25, 0.3) is 5.65 Å². The first-order valence-electron chi connectivity index (χ1n) is 6.46. The largest absolute Gasteiger partial charge is 0.310 e. The van der Waals surface area contributed by atoms with Crippen molar-refractivity contribution in [2.45, 2.75) is 13.3 Å². The lowest BCUT2D eigenvalue weighted by molar-refractivity contribution is -0.115. The third-order valence-corrected chi connectivity index (χ3v) is 3.00. The van der Waals surface area contributed by atoms with E-state index < -0.39 is 5.82 Å². The Morgan fingerprint density at radius 2 is 2.24 bits per heavy atom. The van der Waals surface area contributed by atoms with Crippen LogP contribution in [0, 0.1) is 12.7 Å². The number of pyridine rings is 2. The lowest BCUT2D eigenvalue weighted by atomic mass is 10.3. The number of carbonyl (C=O) groups excluding carboxylic acids is 1. The molecule has 3 rings (SSSR count). The fourth-order valence-electron chi connectivity index (χ4n) is 2.02. The van der Waals surface area contributed by atoms with Gasteiger partial charge in [-0.3, -0.25) is 4.79 Å². The number of rotatable bonds is 3. The van der Waals surface area contributed by atoms with Crippen LogP contribution in [0.3, 0.4) is 0 Å². The Bertz CT molecular complexity index is 795. The molecule has 0 aliphatic rings. The van der Waals surface area contributed by atoms with E-state index in [2.05, 4.69) is 15.3 Å². The minimum atomic E-state index is -0.441. The van der Waals surface area contributed by atoms with Gasteiger partial charge in [0, 0.05) is 12.4 Å². The van der Waals surface area contributed by atoms with E-state index in [0.717, 1.165) is 17.4 Å². The zero-order valence-electron chi connectivity index (χ0n) is 11.4. The van der Waals surface area contributed by atoms with Crippen molar-refractivity contribution in [2.75, 3.05) is 5.32 Å². The van der Waals surface area contributed by atoms with E-state index in [1.807, 2.05) is 35.9 Å². The van der Waals surface area contributed by atoms with E-state index in [1.165, 1.54) is 12.1 Å². The maximum Gasteiger partial charge on any atom is 0.231 e. The van der Waals surface area contributed by atoms with Crippen LogP contribution < -0.4 is 5.32 Å². The van der Waals surface area contributed by atoms with Crippen molar-refractivity contribution < 1.29 is 9.18 Å². The fraction of sp³-hybridized carbons (Fsp3) is 0.133. The van der Waals surface area contributed by atoms with Crippen LogP contribution in [0.1, 0.15) is 11.3 Å². The van der Waals surface area contributed by atoms with Crippen LogP contribution in [0.15, 0.2) is 42.9 Å². The van der Waals surface area contributed by atoms with Gasteiger partial charge >= 0.3 is 0 Å². The molecule has 106 valence electrons. The lowest BCUT2D eigenvalue weighted by Gasteiger charge is -2.02. The number of hydrogen-bond acceptors (Lipinski definition) is 3. The highest BCUT2D eigenvalue weighted by Crippen LogP contribution is 2.09. The fourth-order valence-corrected chi connectivity index (χ4v) is 2.02. The second-order valence-corrected chi connectivity index (χ2v) is 4.79. The summed E-state index contributed by atoms with van der Waals surface area (Å²) in [6.45, 7) is 1.99. The van der Waals surface area contributed by atoms with Gasteiger partial charge in [0.1, 0.15) is 17.3 Å². The molecule has 0 unspecified atom stereocenters. The quantitative estimate of drug-likeness (QED) is 0.803. The minimum absolute atomic E-state index is 0.139. The van der Waals surface area contributed by atoms with E-state index in [1.54, 1.807) is 0 Å². The first-order chi connectivity index (χ1) is 10.1. The molecule has 3 heterocycles. The topological polar surface area (TPSA) is 59.3 Å². The third-order valence-electron chi connectivity index (χ3n) is 3.00. The Hall–Kier alpha value is -2.76. The number of fused-ring (bicyclic) bond motifs is 1. The number of halogens is 1. The SMILES string of the molecule is Cc1ccn2cc(CC(=O)Nc3ccc(F)cn3)nc2c1. The van der Waals surface area contributed by atoms with Crippen molar-refractivity contribution in [3.05, 3.63) is 59.9 Å². The average Bonchev–Trinajstić information content (AvgIpc) is 2.82. The summed E-state index contributed by atoms with van der Waals surface area (Å²) in [6, 6.07) is 6.58. The van der Waals surface area contributed by atoms with Gasteiger partial charge in [-0.05, 0) is 36.8 Å². The predicted octanol–water partition coefficient (Wildman–Crippen LogP) is 2.36. The van der Waals surface area contributed by atoms with Gasteiger partial charge < -0.3 is 9.72 Å². The molecule has 0 aliphatic heterocycles. The molecular weight excluding hydrogens is 271 g/mol. The molecule has 0 atom stereocenters. The summed E-state index contributed by atoms with van der Waals surface area (Å²) in [6.07, 6.45) is 4.91. The van der Waals surface area contributed by atoms with Crippen LogP contribution >= 0.6 is 0 Å². The highest BCUT2D eigenvalue weighted by Gasteiger charge is 2.08. The summed E-state index contributed by atoms with van der Waals surface area (Å²) in [5, 5.41) is 2.61. The summed E-state index contributed by atoms with van der Waals surface area (Å²) in [5.41, 5.74) is 2.58. The van der Waals surface area contributed by atoms with Crippen LogP contribution in [-0.4, -0.2) is 20.3 Å². The summed E-state index contributed by atoms with van der Waals surface area (Å²) >= 11 is 0. The highest BCUT2D eigenvalue weighted by molar-refractivity contribution is 5.91. The summed E-state index contributed by atoms with van der Waals surface area (Å²) < 4.78 is 14.6. The van der Waals surface area contributed by atoms with Gasteiger partial charge in [0.05, 0.1) is 18.3 Å². The number of aromatic nitrogens is 3. The lowest BCUT2D eigenvalue weighted by Crippen LogP contribution is -2.15. The first-order valence-corrected chi connectivity index (χ1v) is 6.46. The maximum atomic E-state index is 12.7. The molecule has 6 heteroatoms. The number of carbonyl (C=O) groups is 1.